The first-order valence-corrected chi connectivity index (χ1v) is 5.32. The summed E-state index contributed by atoms with van der Waals surface area (Å²) in [4.78, 5) is 14.1. The maximum absolute atomic E-state index is 11.4. The molecular weight excluding hydrogens is 188 g/mol. The van der Waals surface area contributed by atoms with Gasteiger partial charge >= 0.3 is 0 Å². The Morgan fingerprint density at radius 3 is 2.80 bits per heavy atom. The quantitative estimate of drug-likeness (QED) is 0.765. The zero-order chi connectivity index (χ0) is 11.3. The van der Waals surface area contributed by atoms with Crippen LogP contribution in [0.5, 0.6) is 0 Å². The number of nitrogens with zero attached hydrogens (tertiary/aromatic N) is 1. The SMILES string of the molecule is CCCCCc1cc(C)[nH]c(=O)c1C#N. The molecule has 3 nitrogen and oxygen atoms in total. The second-order valence-electron chi connectivity index (χ2n) is 3.75. The number of rotatable bonds is 4. The number of aromatic nitrogens is 1. The number of nitriles is 1. The standard InChI is InChI=1S/C12H16N2O/c1-3-4-5-6-10-7-9(2)14-12(15)11(10)8-13/h7H,3-6H2,1-2H3,(H,14,15). The molecule has 0 saturated carbocycles. The fourth-order valence-corrected chi connectivity index (χ4v) is 1.64. The summed E-state index contributed by atoms with van der Waals surface area (Å²) in [7, 11) is 0. The van der Waals surface area contributed by atoms with Crippen molar-refractivity contribution in [1.82, 2.24) is 4.98 Å². The summed E-state index contributed by atoms with van der Waals surface area (Å²) in [5.74, 6) is 0. The largest absolute Gasteiger partial charge is 0.325 e. The predicted octanol–water partition coefficient (Wildman–Crippen LogP) is 2.29. The summed E-state index contributed by atoms with van der Waals surface area (Å²) >= 11 is 0. The monoisotopic (exact) mass is 204 g/mol. The lowest BCUT2D eigenvalue weighted by Gasteiger charge is -2.04. The van der Waals surface area contributed by atoms with Gasteiger partial charge in [0, 0.05) is 5.69 Å². The molecular formula is C12H16N2O. The van der Waals surface area contributed by atoms with E-state index >= 15 is 0 Å². The van der Waals surface area contributed by atoms with Crippen LogP contribution in [0.3, 0.4) is 0 Å². The molecule has 1 N–H and O–H groups in total. The van der Waals surface area contributed by atoms with Crippen molar-refractivity contribution in [3.63, 3.8) is 0 Å². The lowest BCUT2D eigenvalue weighted by atomic mass is 10.0. The number of unbranched alkanes of at least 4 members (excludes halogenated alkanes) is 2. The van der Waals surface area contributed by atoms with E-state index in [1.54, 1.807) is 0 Å². The van der Waals surface area contributed by atoms with Crippen LogP contribution < -0.4 is 5.56 Å². The van der Waals surface area contributed by atoms with Crippen LogP contribution in [0.15, 0.2) is 10.9 Å². The number of hydrogen-bond acceptors (Lipinski definition) is 2. The summed E-state index contributed by atoms with van der Waals surface area (Å²) in [5.41, 5.74) is 1.72. The Morgan fingerprint density at radius 1 is 1.47 bits per heavy atom. The zero-order valence-corrected chi connectivity index (χ0v) is 9.26. The van der Waals surface area contributed by atoms with Gasteiger partial charge in [0.2, 0.25) is 0 Å². The maximum Gasteiger partial charge on any atom is 0.266 e. The molecule has 0 aliphatic carbocycles. The Hall–Kier alpha value is -1.56. The number of pyridine rings is 1. The van der Waals surface area contributed by atoms with Gasteiger partial charge in [-0.05, 0) is 31.4 Å². The maximum atomic E-state index is 11.4. The highest BCUT2D eigenvalue weighted by Gasteiger charge is 2.06. The molecule has 0 aliphatic rings. The van der Waals surface area contributed by atoms with Crippen LogP contribution >= 0.6 is 0 Å². The molecule has 1 rings (SSSR count). The molecule has 0 radical (unpaired) electrons. The topological polar surface area (TPSA) is 56.6 Å². The van der Waals surface area contributed by atoms with Gasteiger partial charge in [-0.25, -0.2) is 0 Å². The third kappa shape index (κ3) is 2.95. The third-order valence-electron chi connectivity index (χ3n) is 2.41. The molecule has 0 saturated heterocycles. The summed E-state index contributed by atoms with van der Waals surface area (Å²) in [5, 5.41) is 8.88. The Kier molecular flexibility index (Phi) is 4.11. The van der Waals surface area contributed by atoms with E-state index in [1.165, 1.54) is 0 Å². The molecule has 0 aliphatic heterocycles. The zero-order valence-electron chi connectivity index (χ0n) is 9.26. The average Bonchev–Trinajstić information content (AvgIpc) is 2.17. The molecule has 1 heterocycles. The minimum atomic E-state index is -0.260. The molecule has 0 fully saturated rings. The van der Waals surface area contributed by atoms with Crippen molar-refractivity contribution in [1.29, 1.82) is 5.26 Å². The van der Waals surface area contributed by atoms with E-state index in [1.807, 2.05) is 19.1 Å². The molecule has 0 aromatic carbocycles. The molecule has 0 amide bonds. The van der Waals surface area contributed by atoms with Crippen LogP contribution in [0.1, 0.15) is 43.0 Å². The first kappa shape index (κ1) is 11.5. The van der Waals surface area contributed by atoms with Gasteiger partial charge in [0.05, 0.1) is 0 Å². The second kappa shape index (κ2) is 5.35. The highest BCUT2D eigenvalue weighted by Crippen LogP contribution is 2.09. The van der Waals surface area contributed by atoms with E-state index in [9.17, 15) is 4.79 Å². The first-order valence-electron chi connectivity index (χ1n) is 5.32. The number of aromatic amines is 1. The molecule has 3 heteroatoms. The molecule has 0 unspecified atom stereocenters. The van der Waals surface area contributed by atoms with Crippen LogP contribution in [-0.4, -0.2) is 4.98 Å². The third-order valence-corrected chi connectivity index (χ3v) is 2.41. The minimum absolute atomic E-state index is 0.260. The molecule has 0 atom stereocenters. The van der Waals surface area contributed by atoms with Gasteiger partial charge in [0.15, 0.2) is 0 Å². The normalized spacial score (nSPS) is 9.93. The van der Waals surface area contributed by atoms with Crippen molar-refractivity contribution in [3.05, 3.63) is 33.2 Å². The fraction of sp³-hybridized carbons (Fsp3) is 0.500. The Morgan fingerprint density at radius 2 is 2.20 bits per heavy atom. The second-order valence-corrected chi connectivity index (χ2v) is 3.75. The first-order chi connectivity index (χ1) is 7.19. The van der Waals surface area contributed by atoms with Gasteiger partial charge in [-0.3, -0.25) is 4.79 Å². The Balaban J connectivity index is 2.95. The highest BCUT2D eigenvalue weighted by molar-refractivity contribution is 5.36. The van der Waals surface area contributed by atoms with Crippen molar-refractivity contribution in [3.8, 4) is 6.07 Å². The van der Waals surface area contributed by atoms with E-state index < -0.39 is 0 Å². The number of hydrogen-bond donors (Lipinski definition) is 1. The van der Waals surface area contributed by atoms with Crippen LogP contribution in [0.25, 0.3) is 0 Å². The van der Waals surface area contributed by atoms with Gasteiger partial charge in [-0.15, -0.1) is 0 Å². The molecule has 0 bridgehead atoms. The minimum Gasteiger partial charge on any atom is -0.325 e. The van der Waals surface area contributed by atoms with Gasteiger partial charge in [0.1, 0.15) is 11.6 Å². The molecule has 0 spiro atoms. The van der Waals surface area contributed by atoms with Crippen molar-refractivity contribution >= 4 is 0 Å². The summed E-state index contributed by atoms with van der Waals surface area (Å²) in [6.45, 7) is 3.97. The Labute approximate surface area is 89.8 Å². The van der Waals surface area contributed by atoms with E-state index in [-0.39, 0.29) is 11.1 Å². The van der Waals surface area contributed by atoms with Crippen molar-refractivity contribution < 1.29 is 0 Å². The van der Waals surface area contributed by atoms with Gasteiger partial charge in [-0.2, -0.15) is 5.26 Å². The lowest BCUT2D eigenvalue weighted by Crippen LogP contribution is -2.14. The molecule has 1 aromatic heterocycles. The lowest BCUT2D eigenvalue weighted by molar-refractivity contribution is 0.715. The van der Waals surface area contributed by atoms with E-state index in [2.05, 4.69) is 11.9 Å². The van der Waals surface area contributed by atoms with Crippen LogP contribution in [0.4, 0.5) is 0 Å². The smallest absolute Gasteiger partial charge is 0.266 e. The van der Waals surface area contributed by atoms with Gasteiger partial charge in [-0.1, -0.05) is 19.8 Å². The van der Waals surface area contributed by atoms with E-state index in [4.69, 9.17) is 5.26 Å². The molecule has 1 aromatic rings. The summed E-state index contributed by atoms with van der Waals surface area (Å²) in [6.07, 6.45) is 4.14. The predicted molar refractivity (Wildman–Crippen MR) is 59.7 cm³/mol. The summed E-state index contributed by atoms with van der Waals surface area (Å²) < 4.78 is 0. The number of H-pyrrole nitrogens is 1. The van der Waals surface area contributed by atoms with Crippen molar-refractivity contribution in [2.45, 2.75) is 39.5 Å². The Bertz CT molecular complexity index is 426. The van der Waals surface area contributed by atoms with Crippen LogP contribution in [-0.2, 0) is 6.42 Å². The van der Waals surface area contributed by atoms with Gasteiger partial charge < -0.3 is 4.98 Å². The fourth-order valence-electron chi connectivity index (χ4n) is 1.64. The van der Waals surface area contributed by atoms with E-state index in [0.717, 1.165) is 36.9 Å². The molecule has 80 valence electrons. The van der Waals surface area contributed by atoms with Crippen LogP contribution in [0, 0.1) is 18.3 Å². The highest BCUT2D eigenvalue weighted by atomic mass is 16.1. The van der Waals surface area contributed by atoms with Crippen molar-refractivity contribution in [2.24, 2.45) is 0 Å². The van der Waals surface area contributed by atoms with Gasteiger partial charge in [0.25, 0.3) is 5.56 Å². The molecule has 15 heavy (non-hydrogen) atoms. The average molecular weight is 204 g/mol. The van der Waals surface area contributed by atoms with E-state index in [0.29, 0.717) is 0 Å². The van der Waals surface area contributed by atoms with Crippen LogP contribution in [0.2, 0.25) is 0 Å². The summed E-state index contributed by atoms with van der Waals surface area (Å²) in [6, 6.07) is 3.87. The van der Waals surface area contributed by atoms with Crippen molar-refractivity contribution in [2.75, 3.05) is 0 Å². The number of aryl methyl sites for hydroxylation is 2. The number of nitrogens with one attached hydrogen (secondary N) is 1.